The van der Waals surface area contributed by atoms with Crippen LogP contribution in [0.25, 0.3) is 0 Å². The first-order chi connectivity index (χ1) is 11.3. The summed E-state index contributed by atoms with van der Waals surface area (Å²) in [5.74, 6) is 0. The smallest absolute Gasteiger partial charge is 0.263 e. The van der Waals surface area contributed by atoms with E-state index in [1.807, 2.05) is 13.8 Å². The summed E-state index contributed by atoms with van der Waals surface area (Å²) in [6.45, 7) is 3.86. The first-order valence-corrected chi connectivity index (χ1v) is 12.8. The highest BCUT2D eigenvalue weighted by molar-refractivity contribution is 7.86. The minimum atomic E-state index is -3.68. The van der Waals surface area contributed by atoms with E-state index < -0.39 is 36.9 Å². The van der Waals surface area contributed by atoms with E-state index in [-0.39, 0.29) is 0 Å². The molecule has 0 atom stereocenters. The largest absolute Gasteiger partial charge is 0.264 e. The lowest BCUT2D eigenvalue weighted by Gasteiger charge is -2.57. The average molecular weight is 397 g/mol. The van der Waals surface area contributed by atoms with Gasteiger partial charge in [0.15, 0.2) is 0 Å². The van der Waals surface area contributed by atoms with Crippen molar-refractivity contribution in [2.45, 2.75) is 89.3 Å². The molecule has 2 saturated carbocycles. The van der Waals surface area contributed by atoms with Gasteiger partial charge in [-0.3, -0.25) is 8.37 Å². The molecule has 8 heteroatoms. The monoisotopic (exact) mass is 396 g/mol. The van der Waals surface area contributed by atoms with Crippen LogP contribution in [0.3, 0.4) is 0 Å². The maximum absolute atomic E-state index is 12.0. The molecule has 0 aliphatic heterocycles. The predicted molar refractivity (Wildman–Crippen MR) is 97.3 cm³/mol. The van der Waals surface area contributed by atoms with E-state index in [1.165, 1.54) is 0 Å². The fraction of sp³-hybridized carbons (Fsp3) is 1.00. The summed E-state index contributed by atoms with van der Waals surface area (Å²) in [6.07, 6.45) is 10.1. The zero-order valence-electron chi connectivity index (χ0n) is 15.8. The molecular weight excluding hydrogens is 364 g/mol. The van der Waals surface area contributed by atoms with Gasteiger partial charge in [-0.2, -0.15) is 16.8 Å². The number of rotatable bonds is 6. The molecule has 0 aromatic rings. The van der Waals surface area contributed by atoms with Crippen LogP contribution in [0.15, 0.2) is 0 Å². The minimum Gasteiger partial charge on any atom is -0.263 e. The molecule has 0 radical (unpaired) electrons. The first kappa shape index (κ1) is 21.1. The Hall–Kier alpha value is -0.180. The van der Waals surface area contributed by atoms with Crippen LogP contribution in [0.2, 0.25) is 0 Å². The van der Waals surface area contributed by atoms with Gasteiger partial charge in [-0.05, 0) is 25.7 Å². The Bertz CT molecular complexity index is 608. The van der Waals surface area contributed by atoms with E-state index in [1.54, 1.807) is 0 Å². The zero-order valence-corrected chi connectivity index (χ0v) is 17.5. The van der Waals surface area contributed by atoms with Crippen molar-refractivity contribution in [1.29, 1.82) is 0 Å². The zero-order chi connectivity index (χ0) is 19.0. The lowest BCUT2D eigenvalue weighted by Crippen LogP contribution is -2.63. The fourth-order valence-corrected chi connectivity index (χ4v) is 6.77. The SMILES string of the molecule is CC(C)(C1(OS(C)(=O)=O)CCCCC1)C1(OS(C)(=O)=O)CCCCC1. The van der Waals surface area contributed by atoms with Crippen molar-refractivity contribution in [3.8, 4) is 0 Å². The van der Waals surface area contributed by atoms with Crippen LogP contribution in [0.5, 0.6) is 0 Å². The van der Waals surface area contributed by atoms with Crippen molar-refractivity contribution in [2.75, 3.05) is 12.5 Å². The van der Waals surface area contributed by atoms with Crippen LogP contribution < -0.4 is 0 Å². The molecule has 0 amide bonds. The second-order valence-electron chi connectivity index (χ2n) is 8.31. The van der Waals surface area contributed by atoms with Gasteiger partial charge in [0, 0.05) is 5.41 Å². The van der Waals surface area contributed by atoms with Gasteiger partial charge in [0.1, 0.15) is 0 Å². The molecule has 0 aromatic heterocycles. The van der Waals surface area contributed by atoms with E-state index in [0.29, 0.717) is 25.7 Å². The summed E-state index contributed by atoms with van der Waals surface area (Å²) in [6, 6.07) is 0. The van der Waals surface area contributed by atoms with Gasteiger partial charge in [0.25, 0.3) is 20.2 Å². The predicted octanol–water partition coefficient (Wildman–Crippen LogP) is 3.37. The molecule has 2 aliphatic rings. The van der Waals surface area contributed by atoms with Crippen LogP contribution in [0, 0.1) is 5.41 Å². The van der Waals surface area contributed by atoms with E-state index in [0.717, 1.165) is 51.0 Å². The second kappa shape index (κ2) is 7.09. The van der Waals surface area contributed by atoms with Crippen LogP contribution in [-0.2, 0) is 28.6 Å². The molecule has 2 aliphatic carbocycles. The molecular formula is C17H32O6S2. The normalized spacial score (nSPS) is 24.8. The van der Waals surface area contributed by atoms with Gasteiger partial charge in [0.2, 0.25) is 0 Å². The molecule has 0 spiro atoms. The minimum absolute atomic E-state index is 0.599. The standard InChI is InChI=1S/C17H32O6S2/c1-15(2,16(22-24(3,18)19)11-7-5-8-12-16)17(23-25(4,20)21)13-9-6-10-14-17/h5-14H2,1-4H3. The van der Waals surface area contributed by atoms with E-state index >= 15 is 0 Å². The van der Waals surface area contributed by atoms with Crippen LogP contribution >= 0.6 is 0 Å². The maximum Gasteiger partial charge on any atom is 0.264 e. The topological polar surface area (TPSA) is 86.7 Å². The third-order valence-corrected chi connectivity index (χ3v) is 7.47. The molecule has 0 saturated heterocycles. The fourth-order valence-electron chi connectivity index (χ4n) is 4.87. The van der Waals surface area contributed by atoms with E-state index in [4.69, 9.17) is 8.37 Å². The van der Waals surface area contributed by atoms with Crippen LogP contribution in [0.1, 0.15) is 78.1 Å². The summed E-state index contributed by atoms with van der Waals surface area (Å²) in [7, 11) is -7.36. The number of hydrogen-bond donors (Lipinski definition) is 0. The molecule has 0 aromatic carbocycles. The quantitative estimate of drug-likeness (QED) is 0.640. The maximum atomic E-state index is 12.0. The highest BCUT2D eigenvalue weighted by Crippen LogP contribution is 2.57. The van der Waals surface area contributed by atoms with Crippen molar-refractivity contribution in [3.63, 3.8) is 0 Å². The summed E-state index contributed by atoms with van der Waals surface area (Å²) in [4.78, 5) is 0. The third-order valence-electron chi connectivity index (χ3n) is 6.22. The molecule has 2 fully saturated rings. The van der Waals surface area contributed by atoms with Gasteiger partial charge in [-0.15, -0.1) is 0 Å². The average Bonchev–Trinajstić information content (AvgIpc) is 2.45. The molecule has 2 rings (SSSR count). The van der Waals surface area contributed by atoms with E-state index in [9.17, 15) is 16.8 Å². The van der Waals surface area contributed by atoms with Crippen molar-refractivity contribution in [1.82, 2.24) is 0 Å². The Morgan fingerprint density at radius 1 is 0.640 bits per heavy atom. The lowest BCUT2D eigenvalue weighted by atomic mass is 9.56. The summed E-state index contributed by atoms with van der Waals surface area (Å²) >= 11 is 0. The van der Waals surface area contributed by atoms with Gasteiger partial charge in [0.05, 0.1) is 23.7 Å². The molecule has 0 unspecified atom stereocenters. The third kappa shape index (κ3) is 4.57. The van der Waals surface area contributed by atoms with Crippen molar-refractivity contribution in [3.05, 3.63) is 0 Å². The van der Waals surface area contributed by atoms with Gasteiger partial charge < -0.3 is 0 Å². The highest BCUT2D eigenvalue weighted by Gasteiger charge is 2.61. The lowest BCUT2D eigenvalue weighted by molar-refractivity contribution is -0.175. The Morgan fingerprint density at radius 2 is 0.920 bits per heavy atom. The first-order valence-electron chi connectivity index (χ1n) is 9.14. The summed E-state index contributed by atoms with van der Waals surface area (Å²) < 4.78 is 59.6. The second-order valence-corrected chi connectivity index (χ2v) is 11.5. The molecule has 0 N–H and O–H groups in total. The molecule has 25 heavy (non-hydrogen) atoms. The van der Waals surface area contributed by atoms with Crippen LogP contribution in [-0.4, -0.2) is 40.5 Å². The molecule has 0 bridgehead atoms. The van der Waals surface area contributed by atoms with Gasteiger partial charge in [-0.25, -0.2) is 0 Å². The van der Waals surface area contributed by atoms with Crippen molar-refractivity contribution in [2.24, 2.45) is 5.41 Å². The van der Waals surface area contributed by atoms with Crippen LogP contribution in [0.4, 0.5) is 0 Å². The molecule has 6 nitrogen and oxygen atoms in total. The van der Waals surface area contributed by atoms with Crippen molar-refractivity contribution >= 4 is 20.2 Å². The molecule has 0 heterocycles. The Morgan fingerprint density at radius 3 is 1.16 bits per heavy atom. The van der Waals surface area contributed by atoms with Gasteiger partial charge in [-0.1, -0.05) is 52.4 Å². The summed E-state index contributed by atoms with van der Waals surface area (Å²) in [5, 5.41) is 0. The van der Waals surface area contributed by atoms with E-state index in [2.05, 4.69) is 0 Å². The van der Waals surface area contributed by atoms with Gasteiger partial charge >= 0.3 is 0 Å². The highest BCUT2D eigenvalue weighted by atomic mass is 32.2. The number of hydrogen-bond acceptors (Lipinski definition) is 6. The Kier molecular flexibility index (Phi) is 5.99. The van der Waals surface area contributed by atoms with Crippen molar-refractivity contribution < 1.29 is 25.2 Å². The Balaban J connectivity index is 2.54. The Labute approximate surface area is 152 Å². The molecule has 148 valence electrons. The summed E-state index contributed by atoms with van der Waals surface area (Å²) in [5.41, 5.74) is -2.62.